The van der Waals surface area contributed by atoms with E-state index in [1.54, 1.807) is 6.20 Å². The maximum Gasteiger partial charge on any atom is 0.136 e. The van der Waals surface area contributed by atoms with Gasteiger partial charge in [0.25, 0.3) is 0 Å². The van der Waals surface area contributed by atoms with Gasteiger partial charge in [-0.15, -0.1) is 0 Å². The van der Waals surface area contributed by atoms with Gasteiger partial charge in [0.05, 0.1) is 18.2 Å². The fourth-order valence-corrected chi connectivity index (χ4v) is 2.53. The molecule has 3 aromatic rings. The molecular formula is C14H16BrN5. The standard InChI is InChI=1S/C14H16BrN5/c1-11(8-19-5-4-16-10-19)17-6-13-7-18-14-3-2-12(15)9-20(13)14/h2-5,7,9-11,17H,6,8H2,1H3/t11-/m0/s1. The fourth-order valence-electron chi connectivity index (χ4n) is 2.19. The summed E-state index contributed by atoms with van der Waals surface area (Å²) >= 11 is 3.49. The van der Waals surface area contributed by atoms with Crippen molar-refractivity contribution in [1.82, 2.24) is 24.3 Å². The quantitative estimate of drug-likeness (QED) is 0.780. The zero-order chi connectivity index (χ0) is 13.9. The van der Waals surface area contributed by atoms with Crippen LogP contribution in [0.2, 0.25) is 0 Å². The van der Waals surface area contributed by atoms with Gasteiger partial charge in [-0.25, -0.2) is 9.97 Å². The molecule has 3 aromatic heterocycles. The first-order valence-corrected chi connectivity index (χ1v) is 7.32. The molecule has 1 atom stereocenters. The topological polar surface area (TPSA) is 47.2 Å². The molecular weight excluding hydrogens is 318 g/mol. The average Bonchev–Trinajstić information content (AvgIpc) is 3.05. The molecule has 5 nitrogen and oxygen atoms in total. The Hall–Kier alpha value is -1.66. The minimum atomic E-state index is 0.363. The van der Waals surface area contributed by atoms with Crippen LogP contribution in [0.25, 0.3) is 5.65 Å². The molecule has 0 saturated carbocycles. The lowest BCUT2D eigenvalue weighted by Gasteiger charge is -2.14. The maximum absolute atomic E-state index is 4.40. The molecule has 0 aliphatic rings. The van der Waals surface area contributed by atoms with Crippen molar-refractivity contribution in [1.29, 1.82) is 0 Å². The number of halogens is 1. The predicted octanol–water partition coefficient (Wildman–Crippen LogP) is 2.47. The number of pyridine rings is 1. The Bertz CT molecular complexity index is 689. The van der Waals surface area contributed by atoms with Crippen LogP contribution in [-0.4, -0.2) is 25.0 Å². The largest absolute Gasteiger partial charge is 0.336 e. The lowest BCUT2D eigenvalue weighted by Crippen LogP contribution is -2.30. The SMILES string of the molecule is C[C@@H](Cn1ccnc1)NCc1cnc2ccc(Br)cn12. The molecule has 6 heteroatoms. The number of aromatic nitrogens is 4. The third-order valence-electron chi connectivity index (χ3n) is 3.22. The van der Waals surface area contributed by atoms with E-state index in [2.05, 4.69) is 47.1 Å². The summed E-state index contributed by atoms with van der Waals surface area (Å²) in [4.78, 5) is 8.45. The van der Waals surface area contributed by atoms with Gasteiger partial charge in [-0.3, -0.25) is 0 Å². The van der Waals surface area contributed by atoms with Crippen LogP contribution in [0.15, 0.2) is 47.7 Å². The Kier molecular flexibility index (Phi) is 3.84. The monoisotopic (exact) mass is 333 g/mol. The highest BCUT2D eigenvalue weighted by Crippen LogP contribution is 2.13. The molecule has 0 aromatic carbocycles. The Morgan fingerprint density at radius 1 is 1.40 bits per heavy atom. The van der Waals surface area contributed by atoms with Crippen LogP contribution >= 0.6 is 15.9 Å². The van der Waals surface area contributed by atoms with E-state index in [1.807, 2.05) is 37.1 Å². The van der Waals surface area contributed by atoms with Gasteiger partial charge in [0.1, 0.15) is 5.65 Å². The van der Waals surface area contributed by atoms with Gasteiger partial charge in [0.15, 0.2) is 0 Å². The molecule has 0 fully saturated rings. The molecule has 104 valence electrons. The van der Waals surface area contributed by atoms with Crippen LogP contribution in [0, 0.1) is 0 Å². The summed E-state index contributed by atoms with van der Waals surface area (Å²) in [5, 5.41) is 3.51. The summed E-state index contributed by atoms with van der Waals surface area (Å²) in [5.74, 6) is 0. The van der Waals surface area contributed by atoms with Gasteiger partial charge >= 0.3 is 0 Å². The predicted molar refractivity (Wildman–Crippen MR) is 81.4 cm³/mol. The highest BCUT2D eigenvalue weighted by molar-refractivity contribution is 9.10. The lowest BCUT2D eigenvalue weighted by atomic mass is 10.3. The fraction of sp³-hybridized carbons (Fsp3) is 0.286. The van der Waals surface area contributed by atoms with E-state index in [4.69, 9.17) is 0 Å². The van der Waals surface area contributed by atoms with Gasteiger partial charge < -0.3 is 14.3 Å². The lowest BCUT2D eigenvalue weighted by molar-refractivity contribution is 0.472. The van der Waals surface area contributed by atoms with Crippen LogP contribution in [0.3, 0.4) is 0 Å². The van der Waals surface area contributed by atoms with Crippen molar-refractivity contribution in [3.05, 3.63) is 53.4 Å². The van der Waals surface area contributed by atoms with Crippen LogP contribution in [0.5, 0.6) is 0 Å². The smallest absolute Gasteiger partial charge is 0.136 e. The normalized spacial score (nSPS) is 12.9. The van der Waals surface area contributed by atoms with Crippen LogP contribution < -0.4 is 5.32 Å². The van der Waals surface area contributed by atoms with Gasteiger partial charge in [0.2, 0.25) is 0 Å². The zero-order valence-electron chi connectivity index (χ0n) is 11.2. The zero-order valence-corrected chi connectivity index (χ0v) is 12.8. The average molecular weight is 334 g/mol. The van der Waals surface area contributed by atoms with Crippen molar-refractivity contribution in [3.63, 3.8) is 0 Å². The van der Waals surface area contributed by atoms with Crippen molar-refractivity contribution in [2.75, 3.05) is 0 Å². The molecule has 0 amide bonds. The van der Waals surface area contributed by atoms with Gasteiger partial charge in [-0.2, -0.15) is 0 Å². The summed E-state index contributed by atoms with van der Waals surface area (Å²) in [5.41, 5.74) is 2.12. The van der Waals surface area contributed by atoms with Crippen molar-refractivity contribution in [3.8, 4) is 0 Å². The van der Waals surface area contributed by atoms with E-state index in [1.165, 1.54) is 0 Å². The number of nitrogens with one attached hydrogen (secondary N) is 1. The van der Waals surface area contributed by atoms with E-state index in [9.17, 15) is 0 Å². The van der Waals surface area contributed by atoms with Gasteiger partial charge in [-0.05, 0) is 35.0 Å². The summed E-state index contributed by atoms with van der Waals surface area (Å²) in [6, 6.07) is 4.37. The Labute approximate surface area is 125 Å². The first-order valence-electron chi connectivity index (χ1n) is 6.53. The first kappa shape index (κ1) is 13.3. The molecule has 0 aliphatic carbocycles. The van der Waals surface area contributed by atoms with E-state index >= 15 is 0 Å². The highest BCUT2D eigenvalue weighted by Gasteiger charge is 2.06. The van der Waals surface area contributed by atoms with Crippen LogP contribution in [0.1, 0.15) is 12.6 Å². The number of nitrogens with zero attached hydrogens (tertiary/aromatic N) is 4. The summed E-state index contributed by atoms with van der Waals surface area (Å²) in [7, 11) is 0. The number of fused-ring (bicyclic) bond motifs is 1. The van der Waals surface area contributed by atoms with Crippen molar-refractivity contribution in [2.45, 2.75) is 26.1 Å². The summed E-state index contributed by atoms with van der Waals surface area (Å²) in [6.07, 6.45) is 9.57. The molecule has 0 bridgehead atoms. The second-order valence-electron chi connectivity index (χ2n) is 4.87. The van der Waals surface area contributed by atoms with Gasteiger partial charge in [0, 0.05) is 42.2 Å². The third-order valence-corrected chi connectivity index (χ3v) is 3.69. The Morgan fingerprint density at radius 2 is 2.30 bits per heavy atom. The van der Waals surface area contributed by atoms with Crippen molar-refractivity contribution >= 4 is 21.6 Å². The van der Waals surface area contributed by atoms with E-state index in [0.717, 1.165) is 28.9 Å². The first-order chi connectivity index (χ1) is 9.72. The van der Waals surface area contributed by atoms with Crippen LogP contribution in [-0.2, 0) is 13.1 Å². The summed E-state index contributed by atoms with van der Waals surface area (Å²) < 4.78 is 5.22. The molecule has 3 heterocycles. The molecule has 0 radical (unpaired) electrons. The Morgan fingerprint density at radius 3 is 3.10 bits per heavy atom. The second-order valence-corrected chi connectivity index (χ2v) is 5.78. The molecule has 0 saturated heterocycles. The Balaban J connectivity index is 1.66. The third kappa shape index (κ3) is 2.91. The molecule has 0 spiro atoms. The molecule has 20 heavy (non-hydrogen) atoms. The van der Waals surface area contributed by atoms with E-state index < -0.39 is 0 Å². The molecule has 1 N–H and O–H groups in total. The second kappa shape index (κ2) is 5.76. The number of rotatable bonds is 5. The molecule has 0 unspecified atom stereocenters. The van der Waals surface area contributed by atoms with E-state index in [0.29, 0.717) is 6.04 Å². The number of hydrogen-bond donors (Lipinski definition) is 1. The van der Waals surface area contributed by atoms with Gasteiger partial charge in [-0.1, -0.05) is 0 Å². The minimum Gasteiger partial charge on any atom is -0.336 e. The highest BCUT2D eigenvalue weighted by atomic mass is 79.9. The molecule has 3 rings (SSSR count). The maximum atomic E-state index is 4.40. The summed E-state index contributed by atoms with van der Waals surface area (Å²) in [6.45, 7) is 3.85. The number of imidazole rings is 2. The van der Waals surface area contributed by atoms with Crippen molar-refractivity contribution < 1.29 is 0 Å². The molecule has 0 aliphatic heterocycles. The van der Waals surface area contributed by atoms with Crippen molar-refractivity contribution in [2.24, 2.45) is 0 Å². The minimum absolute atomic E-state index is 0.363. The van der Waals surface area contributed by atoms with E-state index in [-0.39, 0.29) is 0 Å². The number of hydrogen-bond acceptors (Lipinski definition) is 3. The van der Waals surface area contributed by atoms with Crippen LogP contribution in [0.4, 0.5) is 0 Å².